The number of ketones is 2. The number of nitrogens with zero attached hydrogens (tertiary/aromatic N) is 1. The van der Waals surface area contributed by atoms with Crippen molar-refractivity contribution in [2.45, 2.75) is 69.6 Å². The highest BCUT2D eigenvalue weighted by Crippen LogP contribution is 2.58. The molecule has 4 rings (SSSR count). The number of aliphatic hydroxyl groups excluding tert-OH is 2. The van der Waals surface area contributed by atoms with E-state index in [-0.39, 0.29) is 23.3 Å². The molecule has 1 aromatic carbocycles. The van der Waals surface area contributed by atoms with Gasteiger partial charge in [-0.15, -0.1) is 0 Å². The van der Waals surface area contributed by atoms with E-state index in [1.165, 1.54) is 25.1 Å². The normalized spacial score (nSPS) is 29.7. The summed E-state index contributed by atoms with van der Waals surface area (Å²) >= 11 is 0. The molecule has 11 heteroatoms. The Morgan fingerprint density at radius 3 is 2.35 bits per heavy atom. The zero-order chi connectivity index (χ0) is 29.7. The molecule has 0 aromatic heterocycles. The highest BCUT2D eigenvalue weighted by Gasteiger charge is 2.69. The number of aromatic hydroxyl groups is 1. The summed E-state index contributed by atoms with van der Waals surface area (Å²) in [4.78, 5) is 54.4. The van der Waals surface area contributed by atoms with Crippen molar-refractivity contribution in [2.75, 3.05) is 14.1 Å². The Hall–Kier alpha value is -3.70. The fourth-order valence-electron chi connectivity index (χ4n) is 6.70. The van der Waals surface area contributed by atoms with Gasteiger partial charge in [0.05, 0.1) is 17.5 Å². The number of primary amides is 1. The van der Waals surface area contributed by atoms with Crippen LogP contribution in [0.1, 0.15) is 63.0 Å². The van der Waals surface area contributed by atoms with Gasteiger partial charge in [-0.25, -0.2) is 0 Å². The number of carbonyl (C=O) groups excluding carboxylic acids is 4. The minimum atomic E-state index is -2.94. The molecule has 0 heterocycles. The van der Waals surface area contributed by atoms with Gasteiger partial charge >= 0.3 is 5.97 Å². The minimum absolute atomic E-state index is 0.000793. The van der Waals surface area contributed by atoms with Crippen molar-refractivity contribution < 1.29 is 44.3 Å². The number of hydrogen-bond donors (Lipinski definition) is 5. The van der Waals surface area contributed by atoms with Crippen molar-refractivity contribution in [2.24, 2.45) is 17.6 Å². The lowest BCUT2D eigenvalue weighted by Gasteiger charge is -2.55. The molecule has 11 nitrogen and oxygen atoms in total. The first-order valence-corrected chi connectivity index (χ1v) is 13.5. The average Bonchev–Trinajstić information content (AvgIpc) is 2.89. The van der Waals surface area contributed by atoms with E-state index in [0.29, 0.717) is 18.4 Å². The van der Waals surface area contributed by atoms with Gasteiger partial charge in [0, 0.05) is 17.9 Å². The molecule has 0 saturated heterocycles. The molecule has 6 N–H and O–H groups in total. The smallest absolute Gasteiger partial charge is 0.305 e. The van der Waals surface area contributed by atoms with Crippen LogP contribution in [0.3, 0.4) is 0 Å². The molecule has 0 spiro atoms. The molecular weight excluding hydrogens is 520 g/mol. The Labute approximate surface area is 231 Å². The topological polar surface area (TPSA) is 188 Å². The van der Waals surface area contributed by atoms with Crippen molar-refractivity contribution in [3.8, 4) is 5.75 Å². The fraction of sp³-hybridized carbons (Fsp3) is 0.517. The Morgan fingerprint density at radius 1 is 1.10 bits per heavy atom. The van der Waals surface area contributed by atoms with Gasteiger partial charge in [0.25, 0.3) is 5.91 Å². The summed E-state index contributed by atoms with van der Waals surface area (Å²) in [6, 6.07) is 3.27. The number of phenolic OH excluding ortho intramolecular Hbond substituents is 1. The van der Waals surface area contributed by atoms with E-state index in [4.69, 9.17) is 10.5 Å². The van der Waals surface area contributed by atoms with Crippen LogP contribution in [0.25, 0.3) is 5.76 Å². The van der Waals surface area contributed by atoms with Crippen LogP contribution in [0.5, 0.6) is 5.75 Å². The fourth-order valence-corrected chi connectivity index (χ4v) is 6.70. The molecule has 0 unspecified atom stereocenters. The highest BCUT2D eigenvalue weighted by atomic mass is 16.5. The quantitative estimate of drug-likeness (QED) is 0.180. The Bertz CT molecular complexity index is 1330. The van der Waals surface area contributed by atoms with Gasteiger partial charge in [0.2, 0.25) is 5.78 Å². The number of likely N-dealkylation sites (N-methyl/N-ethyl adjacent to an activating group) is 1. The molecule has 0 radical (unpaired) electrons. The molecule has 0 bridgehead atoms. The SMILES string of the molecule is CCCCC[C@@H]1c2cccc(O)c2C(O)=C2C(=O)[C@@]3(O)C(O)=C(C(N)=O)C(=O)[C@H](N(C)C)[C@H]3[C@H](OC(=O)CC)[C@H]21. The lowest BCUT2D eigenvalue weighted by molar-refractivity contribution is -0.185. The first kappa shape index (κ1) is 29.3. The number of ether oxygens (including phenoxy) is 1. The first-order chi connectivity index (χ1) is 18.8. The van der Waals surface area contributed by atoms with E-state index < -0.39 is 76.0 Å². The van der Waals surface area contributed by atoms with Crippen molar-refractivity contribution in [1.29, 1.82) is 0 Å². The number of nitrogens with two attached hydrogens (primary N) is 1. The summed E-state index contributed by atoms with van der Waals surface area (Å²) in [6.45, 7) is 3.58. The van der Waals surface area contributed by atoms with Crippen molar-refractivity contribution in [3.05, 3.63) is 46.2 Å². The van der Waals surface area contributed by atoms with Crippen molar-refractivity contribution in [3.63, 3.8) is 0 Å². The molecule has 1 aromatic rings. The standard InChI is InChI=1S/C29H36N2O9/c1-5-7-8-10-14-13-11-9-12-15(32)17(13)23(34)19-18(14)25(40-16(33)6-2)21-22(31(3)4)24(35)20(28(30)38)27(37)29(21,39)26(19)36/h9,11-12,14,18,21-22,25,32,34,37,39H,5-8,10H2,1-4H3,(H2,30,38)/t14-,18+,21+,22-,25-,29-/m1/s1. The monoisotopic (exact) mass is 556 g/mol. The maximum atomic E-state index is 14.3. The van der Waals surface area contributed by atoms with Crippen LogP contribution in [-0.2, 0) is 23.9 Å². The predicted octanol–water partition coefficient (Wildman–Crippen LogP) is 2.02. The maximum absolute atomic E-state index is 14.3. The number of phenols is 1. The summed E-state index contributed by atoms with van der Waals surface area (Å²) in [5.74, 6) is -9.45. The van der Waals surface area contributed by atoms with Gasteiger partial charge in [0.15, 0.2) is 11.4 Å². The highest BCUT2D eigenvalue weighted by molar-refractivity contribution is 6.24. The molecule has 40 heavy (non-hydrogen) atoms. The second-order valence-electron chi connectivity index (χ2n) is 10.9. The molecule has 3 aliphatic carbocycles. The summed E-state index contributed by atoms with van der Waals surface area (Å²) in [6.07, 6.45) is 1.44. The summed E-state index contributed by atoms with van der Waals surface area (Å²) in [7, 11) is 2.98. The molecule has 3 aliphatic rings. The third kappa shape index (κ3) is 4.19. The maximum Gasteiger partial charge on any atom is 0.305 e. The predicted molar refractivity (Wildman–Crippen MR) is 143 cm³/mol. The molecule has 216 valence electrons. The molecule has 0 aliphatic heterocycles. The number of unbranched alkanes of at least 4 members (excludes halogenated alkanes) is 2. The molecule has 1 fully saturated rings. The van der Waals surface area contributed by atoms with Gasteiger partial charge in [0.1, 0.15) is 28.9 Å². The number of rotatable bonds is 8. The minimum Gasteiger partial charge on any atom is -0.508 e. The zero-order valence-corrected chi connectivity index (χ0v) is 23.0. The number of fused-ring (bicyclic) bond motifs is 3. The Kier molecular flexibility index (Phi) is 7.83. The molecule has 1 saturated carbocycles. The van der Waals surface area contributed by atoms with Crippen LogP contribution >= 0.6 is 0 Å². The van der Waals surface area contributed by atoms with Gasteiger partial charge in [-0.3, -0.25) is 24.1 Å². The van der Waals surface area contributed by atoms with Gasteiger partial charge in [-0.05, 0) is 38.1 Å². The molecule has 6 atom stereocenters. The van der Waals surface area contributed by atoms with Crippen LogP contribution in [0.2, 0.25) is 0 Å². The third-order valence-corrected chi connectivity index (χ3v) is 8.44. The largest absolute Gasteiger partial charge is 0.508 e. The van der Waals surface area contributed by atoms with Gasteiger partial charge < -0.3 is 30.9 Å². The summed E-state index contributed by atoms with van der Waals surface area (Å²) < 4.78 is 5.91. The van der Waals surface area contributed by atoms with Crippen LogP contribution in [0, 0.1) is 11.8 Å². The summed E-state index contributed by atoms with van der Waals surface area (Å²) in [5, 5.41) is 45.5. The van der Waals surface area contributed by atoms with E-state index in [2.05, 4.69) is 0 Å². The Morgan fingerprint density at radius 2 is 1.77 bits per heavy atom. The number of Topliss-reactive ketones (excluding diaryl/α,β-unsaturated/α-hetero) is 2. The second-order valence-corrected chi connectivity index (χ2v) is 10.9. The lowest BCUT2D eigenvalue weighted by Crippen LogP contribution is -2.71. The van der Waals surface area contributed by atoms with E-state index in [1.807, 2.05) is 6.92 Å². The van der Waals surface area contributed by atoms with Crippen molar-refractivity contribution in [1.82, 2.24) is 4.90 Å². The number of esters is 1. The third-order valence-electron chi connectivity index (χ3n) is 8.44. The van der Waals surface area contributed by atoms with E-state index in [9.17, 15) is 39.6 Å². The molecular formula is C29H36N2O9. The van der Waals surface area contributed by atoms with Gasteiger partial charge in [-0.1, -0.05) is 45.2 Å². The first-order valence-electron chi connectivity index (χ1n) is 13.5. The van der Waals surface area contributed by atoms with Crippen LogP contribution in [0.4, 0.5) is 0 Å². The summed E-state index contributed by atoms with van der Waals surface area (Å²) in [5.41, 5.74) is 1.69. The van der Waals surface area contributed by atoms with Crippen molar-refractivity contribution >= 4 is 29.2 Å². The number of aliphatic hydroxyl groups is 3. The van der Waals surface area contributed by atoms with Gasteiger partial charge in [-0.2, -0.15) is 0 Å². The Balaban J connectivity index is 2.10. The number of hydrogen-bond acceptors (Lipinski definition) is 10. The van der Waals surface area contributed by atoms with E-state index in [1.54, 1.807) is 19.1 Å². The van der Waals surface area contributed by atoms with Crippen LogP contribution < -0.4 is 5.73 Å². The van der Waals surface area contributed by atoms with Crippen LogP contribution in [0.15, 0.2) is 35.1 Å². The average molecular weight is 557 g/mol. The zero-order valence-electron chi connectivity index (χ0n) is 23.0. The number of carbonyl (C=O) groups is 4. The second kappa shape index (κ2) is 10.7. The number of amides is 1. The lowest BCUT2D eigenvalue weighted by atomic mass is 9.53. The molecule has 1 amide bonds. The number of benzene rings is 1. The van der Waals surface area contributed by atoms with E-state index >= 15 is 0 Å². The van der Waals surface area contributed by atoms with Crippen LogP contribution in [-0.4, -0.2) is 80.6 Å². The van der Waals surface area contributed by atoms with E-state index in [0.717, 1.165) is 12.8 Å².